The first-order chi connectivity index (χ1) is 13.9. The fraction of sp³-hybridized carbons (Fsp3) is 0.143. The zero-order valence-corrected chi connectivity index (χ0v) is 16.5. The summed E-state index contributed by atoms with van der Waals surface area (Å²) in [5.41, 5.74) is 1.84. The molecule has 1 aliphatic rings. The first-order valence-electron chi connectivity index (χ1n) is 9.03. The van der Waals surface area contributed by atoms with E-state index in [0.29, 0.717) is 23.6 Å². The second kappa shape index (κ2) is 7.56. The molecule has 1 atom stereocenters. The summed E-state index contributed by atoms with van der Waals surface area (Å²) in [6, 6.07) is 18.4. The van der Waals surface area contributed by atoms with Crippen molar-refractivity contribution >= 4 is 27.3 Å². The number of nitrogens with one attached hydrogen (secondary N) is 1. The Morgan fingerprint density at radius 3 is 2.59 bits per heavy atom. The van der Waals surface area contributed by atoms with Crippen molar-refractivity contribution in [3.8, 4) is 0 Å². The zero-order chi connectivity index (χ0) is 20.4. The highest BCUT2D eigenvalue weighted by molar-refractivity contribution is 7.92. The molecule has 1 amide bonds. The molecule has 2 heterocycles. The fourth-order valence-corrected chi connectivity index (χ4v) is 4.32. The van der Waals surface area contributed by atoms with Crippen LogP contribution in [0.2, 0.25) is 0 Å². The molecule has 0 saturated carbocycles. The zero-order valence-electron chi connectivity index (χ0n) is 15.6. The molecule has 0 bridgehead atoms. The number of amides is 1. The molecule has 148 valence electrons. The fourth-order valence-electron chi connectivity index (χ4n) is 3.25. The summed E-state index contributed by atoms with van der Waals surface area (Å²) < 4.78 is 33.2. The van der Waals surface area contributed by atoms with E-state index in [1.165, 1.54) is 24.1 Å². The van der Waals surface area contributed by atoms with Gasteiger partial charge in [0.1, 0.15) is 11.8 Å². The van der Waals surface area contributed by atoms with Gasteiger partial charge in [-0.3, -0.25) is 9.52 Å². The summed E-state index contributed by atoms with van der Waals surface area (Å²) in [7, 11) is -3.69. The average molecular weight is 409 g/mol. The van der Waals surface area contributed by atoms with E-state index in [0.717, 1.165) is 5.56 Å². The molecule has 1 N–H and O–H groups in total. The Morgan fingerprint density at radius 2 is 1.90 bits per heavy atom. The van der Waals surface area contributed by atoms with Gasteiger partial charge in [0.25, 0.3) is 10.0 Å². The summed E-state index contributed by atoms with van der Waals surface area (Å²) in [6.45, 7) is 1.45. The first-order valence-corrected chi connectivity index (χ1v) is 10.5. The van der Waals surface area contributed by atoms with Crippen LogP contribution in [0.25, 0.3) is 0 Å². The van der Waals surface area contributed by atoms with E-state index >= 15 is 0 Å². The molecular formula is C21H19N3O4S. The molecule has 1 unspecified atom stereocenters. The smallest absolute Gasteiger partial charge is 0.261 e. The van der Waals surface area contributed by atoms with Gasteiger partial charge < -0.3 is 4.42 Å². The number of benzene rings is 2. The van der Waals surface area contributed by atoms with Crippen molar-refractivity contribution in [1.29, 1.82) is 0 Å². The highest BCUT2D eigenvalue weighted by atomic mass is 32.2. The number of hydrogen-bond acceptors (Lipinski definition) is 5. The molecule has 29 heavy (non-hydrogen) atoms. The van der Waals surface area contributed by atoms with Gasteiger partial charge in [-0.1, -0.05) is 30.3 Å². The van der Waals surface area contributed by atoms with Crippen molar-refractivity contribution in [3.05, 3.63) is 84.3 Å². The minimum Gasteiger partial charge on any atom is -0.467 e. The molecule has 7 nitrogen and oxygen atoms in total. The lowest BCUT2D eigenvalue weighted by Gasteiger charge is -2.17. The number of nitrogens with zero attached hydrogens (tertiary/aromatic N) is 2. The summed E-state index contributed by atoms with van der Waals surface area (Å²) in [5, 5.41) is 5.85. The molecule has 1 aromatic heterocycles. The van der Waals surface area contributed by atoms with Crippen molar-refractivity contribution in [2.24, 2.45) is 5.10 Å². The van der Waals surface area contributed by atoms with Crippen LogP contribution in [0.4, 0.5) is 5.69 Å². The molecule has 2 aromatic carbocycles. The van der Waals surface area contributed by atoms with Gasteiger partial charge in [-0.25, -0.2) is 13.4 Å². The van der Waals surface area contributed by atoms with Crippen LogP contribution in [0.1, 0.15) is 30.7 Å². The molecule has 0 spiro atoms. The summed E-state index contributed by atoms with van der Waals surface area (Å²) in [6.07, 6.45) is 2.03. The number of hydrogen-bond donors (Lipinski definition) is 1. The van der Waals surface area contributed by atoms with Crippen LogP contribution in [0.3, 0.4) is 0 Å². The molecule has 3 aromatic rings. The van der Waals surface area contributed by atoms with Gasteiger partial charge in [-0.2, -0.15) is 5.10 Å². The van der Waals surface area contributed by atoms with E-state index in [1.54, 1.807) is 48.7 Å². The van der Waals surface area contributed by atoms with Crippen molar-refractivity contribution in [2.45, 2.75) is 24.3 Å². The molecule has 0 aliphatic carbocycles. The van der Waals surface area contributed by atoms with Crippen molar-refractivity contribution in [3.63, 3.8) is 0 Å². The normalized spacial score (nSPS) is 16.5. The van der Waals surface area contributed by atoms with Gasteiger partial charge in [0.15, 0.2) is 0 Å². The maximum absolute atomic E-state index is 12.6. The van der Waals surface area contributed by atoms with E-state index in [1.807, 2.05) is 12.1 Å². The van der Waals surface area contributed by atoms with Crippen LogP contribution in [0, 0.1) is 0 Å². The number of carbonyl (C=O) groups excluding carboxylic acids is 1. The van der Waals surface area contributed by atoms with Gasteiger partial charge >= 0.3 is 0 Å². The minimum atomic E-state index is -3.69. The number of hydrazone groups is 1. The van der Waals surface area contributed by atoms with Gasteiger partial charge in [0.05, 0.1) is 16.9 Å². The minimum absolute atomic E-state index is 0.184. The van der Waals surface area contributed by atoms with E-state index in [4.69, 9.17) is 4.42 Å². The maximum Gasteiger partial charge on any atom is 0.261 e. The lowest BCUT2D eigenvalue weighted by Crippen LogP contribution is -2.23. The number of carbonyl (C=O) groups is 1. The van der Waals surface area contributed by atoms with Gasteiger partial charge in [0.2, 0.25) is 5.91 Å². The third kappa shape index (κ3) is 3.93. The number of anilines is 1. The predicted molar refractivity (Wildman–Crippen MR) is 109 cm³/mol. The van der Waals surface area contributed by atoms with Crippen LogP contribution in [-0.4, -0.2) is 25.0 Å². The van der Waals surface area contributed by atoms with Crippen molar-refractivity contribution in [1.82, 2.24) is 5.01 Å². The highest BCUT2D eigenvalue weighted by Crippen LogP contribution is 2.33. The molecule has 8 heteroatoms. The number of sulfonamides is 1. The Labute approximate surface area is 168 Å². The Bertz CT molecular complexity index is 1160. The highest BCUT2D eigenvalue weighted by Gasteiger charge is 2.33. The lowest BCUT2D eigenvalue weighted by molar-refractivity contribution is -0.130. The van der Waals surface area contributed by atoms with Crippen molar-refractivity contribution < 1.29 is 17.6 Å². The third-order valence-electron chi connectivity index (χ3n) is 4.61. The molecule has 1 aliphatic heterocycles. The van der Waals surface area contributed by atoms with Crippen LogP contribution >= 0.6 is 0 Å². The Hall–Kier alpha value is -3.39. The summed E-state index contributed by atoms with van der Waals surface area (Å²) in [4.78, 5) is 12.2. The van der Waals surface area contributed by atoms with E-state index in [2.05, 4.69) is 9.82 Å². The summed E-state index contributed by atoms with van der Waals surface area (Å²) in [5.74, 6) is 0.460. The predicted octanol–water partition coefficient (Wildman–Crippen LogP) is 3.78. The van der Waals surface area contributed by atoms with Gasteiger partial charge in [0, 0.05) is 19.0 Å². The Morgan fingerprint density at radius 1 is 1.10 bits per heavy atom. The summed E-state index contributed by atoms with van der Waals surface area (Å²) >= 11 is 0. The number of furan rings is 1. The lowest BCUT2D eigenvalue weighted by atomic mass is 10.0. The topological polar surface area (TPSA) is 92.0 Å². The first kappa shape index (κ1) is 18.9. The maximum atomic E-state index is 12.6. The Kier molecular flexibility index (Phi) is 4.94. The second-order valence-corrected chi connectivity index (χ2v) is 8.33. The van der Waals surface area contributed by atoms with E-state index in [9.17, 15) is 13.2 Å². The quantitative estimate of drug-likeness (QED) is 0.694. The van der Waals surface area contributed by atoms with Crippen molar-refractivity contribution in [2.75, 3.05) is 4.72 Å². The van der Waals surface area contributed by atoms with Gasteiger partial charge in [-0.05, 0) is 42.0 Å². The standard InChI is InChI=1S/C21H19N3O4S/c1-15(25)24-20(21-11-6-12-28-21)14-19(22-24)16-7-5-8-17(13-16)23-29(26,27)18-9-3-2-4-10-18/h2-13,20,23H,14H2,1H3. The molecule has 0 fully saturated rings. The van der Waals surface area contributed by atoms with Crippen LogP contribution < -0.4 is 4.72 Å². The SMILES string of the molecule is CC(=O)N1N=C(c2cccc(NS(=O)(=O)c3ccccc3)c2)CC1c1ccco1. The largest absolute Gasteiger partial charge is 0.467 e. The molecular weight excluding hydrogens is 390 g/mol. The van der Waals surface area contributed by atoms with E-state index < -0.39 is 10.0 Å². The van der Waals surface area contributed by atoms with Gasteiger partial charge in [-0.15, -0.1) is 0 Å². The van der Waals surface area contributed by atoms with Crippen LogP contribution in [0.5, 0.6) is 0 Å². The van der Waals surface area contributed by atoms with Crippen LogP contribution in [-0.2, 0) is 14.8 Å². The molecule has 4 rings (SSSR count). The molecule has 0 saturated heterocycles. The van der Waals surface area contributed by atoms with E-state index in [-0.39, 0.29) is 16.8 Å². The van der Waals surface area contributed by atoms with Crippen LogP contribution in [0.15, 0.2) is 87.4 Å². The molecule has 0 radical (unpaired) electrons. The number of rotatable bonds is 5. The average Bonchev–Trinajstić information content (AvgIpc) is 3.38. The monoisotopic (exact) mass is 409 g/mol. The second-order valence-electron chi connectivity index (χ2n) is 6.64. The third-order valence-corrected chi connectivity index (χ3v) is 6.00. The Balaban J connectivity index is 1.61.